The molecule has 0 saturated carbocycles. The van der Waals surface area contributed by atoms with Crippen molar-refractivity contribution in [3.63, 3.8) is 0 Å². The summed E-state index contributed by atoms with van der Waals surface area (Å²) in [6, 6.07) is 7.08. The number of likely N-dealkylation sites (tertiary alicyclic amines) is 1. The maximum absolute atomic E-state index is 12.2. The number of benzene rings is 1. The van der Waals surface area contributed by atoms with Crippen LogP contribution in [0, 0.1) is 0 Å². The third-order valence-electron chi connectivity index (χ3n) is 4.18. The zero-order chi connectivity index (χ0) is 13.9. The Balaban J connectivity index is 1.51. The first-order chi connectivity index (χ1) is 9.77. The Morgan fingerprint density at radius 3 is 2.00 bits per heavy atom. The molecule has 106 valence electrons. The van der Waals surface area contributed by atoms with Gasteiger partial charge in [0.1, 0.15) is 0 Å². The van der Waals surface area contributed by atoms with Gasteiger partial charge in [-0.15, -0.1) is 0 Å². The van der Waals surface area contributed by atoms with Crippen LogP contribution in [0.15, 0.2) is 24.3 Å². The highest BCUT2D eigenvalue weighted by Crippen LogP contribution is 2.22. The highest BCUT2D eigenvalue weighted by atomic mass is 16.2. The molecule has 2 aliphatic heterocycles. The SMILES string of the molecule is O=C1c2ccccc2C(=O)N1CCCCN1CCCC1. The molecule has 4 nitrogen and oxygen atoms in total. The molecule has 1 fully saturated rings. The normalized spacial score (nSPS) is 18.9. The van der Waals surface area contributed by atoms with Crippen molar-refractivity contribution in [1.82, 2.24) is 9.80 Å². The maximum Gasteiger partial charge on any atom is 0.261 e. The van der Waals surface area contributed by atoms with Gasteiger partial charge in [-0.3, -0.25) is 14.5 Å². The number of hydrogen-bond acceptors (Lipinski definition) is 3. The fraction of sp³-hybridized carbons (Fsp3) is 0.500. The second kappa shape index (κ2) is 5.75. The number of hydrogen-bond donors (Lipinski definition) is 0. The molecule has 0 unspecified atom stereocenters. The molecule has 1 aromatic carbocycles. The lowest BCUT2D eigenvalue weighted by Crippen LogP contribution is -2.31. The van der Waals surface area contributed by atoms with Gasteiger partial charge in [0.15, 0.2) is 0 Å². The standard InChI is InChI=1S/C16H20N2O2/c19-15-13-7-1-2-8-14(13)16(20)18(15)12-6-5-11-17-9-3-4-10-17/h1-2,7-8H,3-6,9-12H2. The molecule has 2 heterocycles. The van der Waals surface area contributed by atoms with Crippen LogP contribution in [0.4, 0.5) is 0 Å². The Labute approximate surface area is 119 Å². The highest BCUT2D eigenvalue weighted by molar-refractivity contribution is 6.21. The molecule has 1 saturated heterocycles. The maximum atomic E-state index is 12.2. The van der Waals surface area contributed by atoms with Gasteiger partial charge in [-0.2, -0.15) is 0 Å². The van der Waals surface area contributed by atoms with Crippen LogP contribution in [0.1, 0.15) is 46.4 Å². The van der Waals surface area contributed by atoms with Crippen molar-refractivity contribution < 1.29 is 9.59 Å². The third kappa shape index (κ3) is 2.48. The Morgan fingerprint density at radius 2 is 1.40 bits per heavy atom. The fourth-order valence-corrected chi connectivity index (χ4v) is 3.05. The van der Waals surface area contributed by atoms with Gasteiger partial charge >= 0.3 is 0 Å². The van der Waals surface area contributed by atoms with E-state index in [0.29, 0.717) is 17.7 Å². The number of nitrogens with zero attached hydrogens (tertiary/aromatic N) is 2. The molecule has 2 aliphatic rings. The quantitative estimate of drug-likeness (QED) is 0.609. The molecule has 4 heteroatoms. The van der Waals surface area contributed by atoms with Crippen molar-refractivity contribution in [3.8, 4) is 0 Å². The largest absolute Gasteiger partial charge is 0.303 e. The van der Waals surface area contributed by atoms with Gasteiger partial charge in [0.25, 0.3) is 11.8 Å². The molecule has 0 aliphatic carbocycles. The molecule has 1 aromatic rings. The molecule has 2 amide bonds. The van der Waals surface area contributed by atoms with E-state index in [0.717, 1.165) is 19.4 Å². The van der Waals surface area contributed by atoms with E-state index in [-0.39, 0.29) is 11.8 Å². The molecule has 0 radical (unpaired) electrons. The predicted octanol–water partition coefficient (Wildman–Crippen LogP) is 2.16. The van der Waals surface area contributed by atoms with Crippen molar-refractivity contribution in [1.29, 1.82) is 0 Å². The average Bonchev–Trinajstić information content (AvgIpc) is 3.06. The summed E-state index contributed by atoms with van der Waals surface area (Å²) in [6.45, 7) is 4.03. The van der Waals surface area contributed by atoms with Crippen molar-refractivity contribution in [2.75, 3.05) is 26.2 Å². The average molecular weight is 272 g/mol. The molecule has 0 N–H and O–H groups in total. The monoisotopic (exact) mass is 272 g/mol. The third-order valence-corrected chi connectivity index (χ3v) is 4.18. The van der Waals surface area contributed by atoms with Gasteiger partial charge < -0.3 is 4.90 Å². The summed E-state index contributed by atoms with van der Waals surface area (Å²) < 4.78 is 0. The molecule has 20 heavy (non-hydrogen) atoms. The molecule has 0 spiro atoms. The minimum absolute atomic E-state index is 0.133. The zero-order valence-corrected chi connectivity index (χ0v) is 11.7. The smallest absolute Gasteiger partial charge is 0.261 e. The summed E-state index contributed by atoms with van der Waals surface area (Å²) in [5.74, 6) is -0.265. The predicted molar refractivity (Wildman–Crippen MR) is 76.7 cm³/mol. The Bertz CT molecular complexity index is 486. The number of fused-ring (bicyclic) bond motifs is 1. The first-order valence-corrected chi connectivity index (χ1v) is 7.45. The first-order valence-electron chi connectivity index (χ1n) is 7.45. The van der Waals surface area contributed by atoms with E-state index in [1.54, 1.807) is 24.3 Å². The van der Waals surface area contributed by atoms with E-state index in [1.807, 2.05) is 0 Å². The number of unbranched alkanes of at least 4 members (excludes halogenated alkanes) is 1. The van der Waals surface area contributed by atoms with E-state index >= 15 is 0 Å². The van der Waals surface area contributed by atoms with Crippen molar-refractivity contribution in [2.24, 2.45) is 0 Å². The van der Waals surface area contributed by atoms with Crippen molar-refractivity contribution in [2.45, 2.75) is 25.7 Å². The lowest BCUT2D eigenvalue weighted by Gasteiger charge is -2.16. The van der Waals surface area contributed by atoms with E-state index < -0.39 is 0 Å². The van der Waals surface area contributed by atoms with Crippen LogP contribution in [0.3, 0.4) is 0 Å². The van der Waals surface area contributed by atoms with E-state index in [1.165, 1.54) is 30.8 Å². The van der Waals surface area contributed by atoms with Crippen LogP contribution >= 0.6 is 0 Å². The second-order valence-electron chi connectivity index (χ2n) is 5.56. The van der Waals surface area contributed by atoms with Gasteiger partial charge in [-0.25, -0.2) is 0 Å². The molecule has 3 rings (SSSR count). The summed E-state index contributed by atoms with van der Waals surface area (Å²) >= 11 is 0. The van der Waals surface area contributed by atoms with Crippen LogP contribution in [0.5, 0.6) is 0 Å². The van der Waals surface area contributed by atoms with Gasteiger partial charge in [0, 0.05) is 6.54 Å². The van der Waals surface area contributed by atoms with Crippen LogP contribution < -0.4 is 0 Å². The number of rotatable bonds is 5. The molecule has 0 aromatic heterocycles. The number of carbonyl (C=O) groups is 2. The van der Waals surface area contributed by atoms with E-state index in [9.17, 15) is 9.59 Å². The minimum Gasteiger partial charge on any atom is -0.303 e. The number of imide groups is 1. The molecular weight excluding hydrogens is 252 g/mol. The summed E-state index contributed by atoms with van der Waals surface area (Å²) in [5.41, 5.74) is 1.11. The van der Waals surface area contributed by atoms with E-state index in [4.69, 9.17) is 0 Å². The summed E-state index contributed by atoms with van der Waals surface area (Å²) in [5, 5.41) is 0. The molecule has 0 atom stereocenters. The molecular formula is C16H20N2O2. The van der Waals surface area contributed by atoms with Gasteiger partial charge in [-0.1, -0.05) is 12.1 Å². The second-order valence-corrected chi connectivity index (χ2v) is 5.56. The fourth-order valence-electron chi connectivity index (χ4n) is 3.05. The van der Waals surface area contributed by atoms with Gasteiger partial charge in [0.05, 0.1) is 11.1 Å². The first kappa shape index (κ1) is 13.3. The Hall–Kier alpha value is -1.68. The van der Waals surface area contributed by atoms with Crippen LogP contribution in [0.25, 0.3) is 0 Å². The van der Waals surface area contributed by atoms with Crippen molar-refractivity contribution >= 4 is 11.8 Å². The highest BCUT2D eigenvalue weighted by Gasteiger charge is 2.34. The summed E-state index contributed by atoms with van der Waals surface area (Å²) in [4.78, 5) is 28.2. The van der Waals surface area contributed by atoms with Gasteiger partial charge in [-0.05, 0) is 57.5 Å². The van der Waals surface area contributed by atoms with E-state index in [2.05, 4.69) is 4.90 Å². The lowest BCUT2D eigenvalue weighted by atomic mass is 10.1. The van der Waals surface area contributed by atoms with Crippen LogP contribution in [-0.2, 0) is 0 Å². The summed E-state index contributed by atoms with van der Waals surface area (Å²) in [6.07, 6.45) is 4.55. The zero-order valence-electron chi connectivity index (χ0n) is 11.7. The number of carbonyl (C=O) groups excluding carboxylic acids is 2. The van der Waals surface area contributed by atoms with Crippen molar-refractivity contribution in [3.05, 3.63) is 35.4 Å². The van der Waals surface area contributed by atoms with Gasteiger partial charge in [0.2, 0.25) is 0 Å². The topological polar surface area (TPSA) is 40.6 Å². The lowest BCUT2D eigenvalue weighted by molar-refractivity contribution is 0.0650. The molecule has 0 bridgehead atoms. The summed E-state index contributed by atoms with van der Waals surface area (Å²) in [7, 11) is 0. The Kier molecular flexibility index (Phi) is 3.83. The number of amides is 2. The Morgan fingerprint density at radius 1 is 0.850 bits per heavy atom. The van der Waals surface area contributed by atoms with Crippen LogP contribution in [0.2, 0.25) is 0 Å². The minimum atomic E-state index is -0.133. The van der Waals surface area contributed by atoms with Crippen LogP contribution in [-0.4, -0.2) is 47.8 Å².